The summed E-state index contributed by atoms with van der Waals surface area (Å²) < 4.78 is 1.11. The second kappa shape index (κ2) is 7.15. The molecule has 1 aromatic heterocycles. The minimum Gasteiger partial charge on any atom is -0.307 e. The predicted molar refractivity (Wildman–Crippen MR) is 109 cm³/mol. The smallest absolute Gasteiger partial charge is 0.307 e. The van der Waals surface area contributed by atoms with Gasteiger partial charge in [-0.1, -0.05) is 48.0 Å². The summed E-state index contributed by atoms with van der Waals surface area (Å²) in [4.78, 5) is 17.1. The highest BCUT2D eigenvalue weighted by Crippen LogP contribution is 2.34. The number of hydrogen-bond acceptors (Lipinski definition) is 3. The molecule has 0 bridgehead atoms. The van der Waals surface area contributed by atoms with E-state index < -0.39 is 0 Å². The molecule has 0 aliphatic heterocycles. The van der Waals surface area contributed by atoms with Gasteiger partial charge in [-0.25, -0.2) is 9.78 Å². The van der Waals surface area contributed by atoms with Crippen molar-refractivity contribution in [3.8, 4) is 10.6 Å². The molecule has 0 aliphatic rings. The zero-order valence-electron chi connectivity index (χ0n) is 13.6. The van der Waals surface area contributed by atoms with Crippen molar-refractivity contribution in [3.63, 3.8) is 0 Å². The van der Waals surface area contributed by atoms with E-state index in [2.05, 4.69) is 15.6 Å². The molecule has 128 valence electrons. The van der Waals surface area contributed by atoms with E-state index >= 15 is 0 Å². The zero-order chi connectivity index (χ0) is 17.9. The molecule has 6 heteroatoms. The fraction of sp³-hybridized carbons (Fsp3) is 0. The molecule has 0 fully saturated rings. The molecule has 2 N–H and O–H groups in total. The molecule has 0 saturated heterocycles. The Morgan fingerprint density at radius 3 is 2.31 bits per heavy atom. The molecular weight excluding hydrogens is 366 g/mol. The van der Waals surface area contributed by atoms with Crippen LogP contribution in [0.15, 0.2) is 72.8 Å². The van der Waals surface area contributed by atoms with Gasteiger partial charge in [0.2, 0.25) is 0 Å². The lowest BCUT2D eigenvalue weighted by molar-refractivity contribution is 0.262. The van der Waals surface area contributed by atoms with Crippen LogP contribution >= 0.6 is 22.9 Å². The molecule has 0 unspecified atom stereocenters. The molecule has 4 rings (SSSR count). The molecule has 0 aliphatic carbocycles. The molecule has 26 heavy (non-hydrogen) atoms. The lowest BCUT2D eigenvalue weighted by atomic mass is 10.2. The minimum atomic E-state index is -0.355. The van der Waals surface area contributed by atoms with Crippen molar-refractivity contribution in [3.05, 3.63) is 77.8 Å². The Bertz CT molecular complexity index is 1060. The zero-order valence-corrected chi connectivity index (χ0v) is 15.1. The fourth-order valence-electron chi connectivity index (χ4n) is 2.60. The van der Waals surface area contributed by atoms with Gasteiger partial charge < -0.3 is 10.6 Å². The highest BCUT2D eigenvalue weighted by Gasteiger charge is 2.13. The first-order valence-corrected chi connectivity index (χ1v) is 9.18. The maximum Gasteiger partial charge on any atom is 0.323 e. The number of anilines is 2. The standard InChI is InChI=1S/C20H14ClN3OS/c21-14-8-2-4-10-16(14)24-20(25)23-15-9-3-1-7-13(15)19-22-17-11-5-6-12-18(17)26-19/h1-12H,(H2,23,24,25). The van der Waals surface area contributed by atoms with Crippen molar-refractivity contribution in [1.82, 2.24) is 4.98 Å². The number of urea groups is 1. The van der Waals surface area contributed by atoms with E-state index in [1.165, 1.54) is 0 Å². The normalized spacial score (nSPS) is 10.7. The third kappa shape index (κ3) is 3.40. The number of nitrogens with one attached hydrogen (secondary N) is 2. The number of carbonyl (C=O) groups is 1. The first-order valence-electron chi connectivity index (χ1n) is 7.98. The van der Waals surface area contributed by atoms with E-state index in [0.29, 0.717) is 16.4 Å². The van der Waals surface area contributed by atoms with Crippen molar-refractivity contribution >= 4 is 50.6 Å². The Morgan fingerprint density at radius 2 is 1.50 bits per heavy atom. The number of hydrogen-bond donors (Lipinski definition) is 2. The SMILES string of the molecule is O=C(Nc1ccccc1Cl)Nc1ccccc1-c1nc2ccccc2s1. The predicted octanol–water partition coefficient (Wildman–Crippen LogP) is 6.26. The van der Waals surface area contributed by atoms with Gasteiger partial charge in [-0.3, -0.25) is 0 Å². The average Bonchev–Trinajstić information content (AvgIpc) is 3.08. The van der Waals surface area contributed by atoms with Crippen molar-refractivity contribution < 1.29 is 4.79 Å². The highest BCUT2D eigenvalue weighted by molar-refractivity contribution is 7.21. The second-order valence-corrected chi connectivity index (χ2v) is 7.03. The summed E-state index contributed by atoms with van der Waals surface area (Å²) in [7, 11) is 0. The van der Waals surface area contributed by atoms with Crippen LogP contribution in [-0.2, 0) is 0 Å². The van der Waals surface area contributed by atoms with E-state index in [9.17, 15) is 4.79 Å². The van der Waals surface area contributed by atoms with Gasteiger partial charge in [-0.15, -0.1) is 11.3 Å². The van der Waals surface area contributed by atoms with E-state index in [1.807, 2.05) is 60.7 Å². The largest absolute Gasteiger partial charge is 0.323 e. The van der Waals surface area contributed by atoms with Gasteiger partial charge in [0.1, 0.15) is 5.01 Å². The maximum atomic E-state index is 12.4. The molecule has 0 spiro atoms. The van der Waals surface area contributed by atoms with E-state index in [-0.39, 0.29) is 6.03 Å². The van der Waals surface area contributed by atoms with Crippen molar-refractivity contribution in [2.24, 2.45) is 0 Å². The Kier molecular flexibility index (Phi) is 4.56. The summed E-state index contributed by atoms with van der Waals surface area (Å²) in [6, 6.07) is 22.3. The number of halogens is 1. The summed E-state index contributed by atoms with van der Waals surface area (Å²) in [6.45, 7) is 0. The van der Waals surface area contributed by atoms with Crippen LogP contribution in [0.5, 0.6) is 0 Å². The number of rotatable bonds is 3. The molecule has 4 nitrogen and oxygen atoms in total. The molecule has 0 atom stereocenters. The third-order valence-electron chi connectivity index (χ3n) is 3.82. The highest BCUT2D eigenvalue weighted by atomic mass is 35.5. The average molecular weight is 380 g/mol. The van der Waals surface area contributed by atoms with Gasteiger partial charge in [0.05, 0.1) is 26.6 Å². The molecular formula is C20H14ClN3OS. The van der Waals surface area contributed by atoms with Crippen molar-refractivity contribution in [2.75, 3.05) is 10.6 Å². The number of benzene rings is 3. The summed E-state index contributed by atoms with van der Waals surface area (Å²) in [6.07, 6.45) is 0. The number of para-hydroxylation sites is 3. The minimum absolute atomic E-state index is 0.355. The summed E-state index contributed by atoms with van der Waals surface area (Å²) in [5.74, 6) is 0. The van der Waals surface area contributed by atoms with E-state index in [4.69, 9.17) is 11.6 Å². The van der Waals surface area contributed by atoms with Crippen LogP contribution < -0.4 is 10.6 Å². The first-order chi connectivity index (χ1) is 12.7. The molecule has 0 radical (unpaired) electrons. The Balaban J connectivity index is 1.61. The first kappa shape index (κ1) is 16.6. The summed E-state index contributed by atoms with van der Waals surface area (Å²) in [5.41, 5.74) is 3.08. The van der Waals surface area contributed by atoms with Crippen LogP contribution in [0.3, 0.4) is 0 Å². The lowest BCUT2D eigenvalue weighted by Crippen LogP contribution is -2.20. The molecule has 3 aromatic carbocycles. The summed E-state index contributed by atoms with van der Waals surface area (Å²) >= 11 is 7.69. The molecule has 0 saturated carbocycles. The van der Waals surface area contributed by atoms with Crippen LogP contribution in [0.4, 0.5) is 16.2 Å². The van der Waals surface area contributed by atoms with Crippen molar-refractivity contribution in [2.45, 2.75) is 0 Å². The lowest BCUT2D eigenvalue weighted by Gasteiger charge is -2.11. The monoisotopic (exact) mass is 379 g/mol. The molecule has 2 amide bonds. The van der Waals surface area contributed by atoms with Gasteiger partial charge in [0, 0.05) is 5.56 Å². The maximum absolute atomic E-state index is 12.4. The molecule has 4 aromatic rings. The Labute approximate surface area is 159 Å². The molecule has 1 heterocycles. The van der Waals surface area contributed by atoms with E-state index in [0.717, 1.165) is 20.8 Å². The van der Waals surface area contributed by atoms with Gasteiger partial charge in [0.25, 0.3) is 0 Å². The topological polar surface area (TPSA) is 54.0 Å². The van der Waals surface area contributed by atoms with Gasteiger partial charge >= 0.3 is 6.03 Å². The van der Waals surface area contributed by atoms with Crippen LogP contribution in [0.25, 0.3) is 20.8 Å². The number of aromatic nitrogens is 1. The number of carbonyl (C=O) groups excluding carboxylic acids is 1. The number of fused-ring (bicyclic) bond motifs is 1. The Morgan fingerprint density at radius 1 is 0.846 bits per heavy atom. The van der Waals surface area contributed by atoms with Crippen LogP contribution in [0, 0.1) is 0 Å². The van der Waals surface area contributed by atoms with Gasteiger partial charge in [-0.2, -0.15) is 0 Å². The van der Waals surface area contributed by atoms with Crippen LogP contribution in [0.1, 0.15) is 0 Å². The Hall–Kier alpha value is -2.89. The number of amides is 2. The fourth-order valence-corrected chi connectivity index (χ4v) is 3.79. The second-order valence-electron chi connectivity index (χ2n) is 5.59. The van der Waals surface area contributed by atoms with Crippen LogP contribution in [0.2, 0.25) is 5.02 Å². The quantitative estimate of drug-likeness (QED) is 0.441. The summed E-state index contributed by atoms with van der Waals surface area (Å²) in [5, 5.41) is 7.00. The van der Waals surface area contributed by atoms with Crippen LogP contribution in [-0.4, -0.2) is 11.0 Å². The van der Waals surface area contributed by atoms with Gasteiger partial charge in [0.15, 0.2) is 0 Å². The number of nitrogens with zero attached hydrogens (tertiary/aromatic N) is 1. The van der Waals surface area contributed by atoms with Crippen molar-refractivity contribution in [1.29, 1.82) is 0 Å². The van der Waals surface area contributed by atoms with Gasteiger partial charge in [-0.05, 0) is 36.4 Å². The van der Waals surface area contributed by atoms with E-state index in [1.54, 1.807) is 23.5 Å². The number of thiazole rings is 1. The third-order valence-corrected chi connectivity index (χ3v) is 5.22.